The van der Waals surface area contributed by atoms with Crippen LogP contribution in [0.4, 0.5) is 0 Å². The summed E-state index contributed by atoms with van der Waals surface area (Å²) in [6, 6.07) is 16.6. The fourth-order valence-electron chi connectivity index (χ4n) is 3.53. The van der Waals surface area contributed by atoms with Gasteiger partial charge in [0.05, 0.1) is 17.6 Å². The van der Waals surface area contributed by atoms with Crippen LogP contribution in [0.25, 0.3) is 11.0 Å². The average molecular weight is 408 g/mol. The number of carbonyl (C=O) groups is 1. The van der Waals surface area contributed by atoms with E-state index in [1.54, 1.807) is 6.92 Å². The monoisotopic (exact) mass is 407 g/mol. The van der Waals surface area contributed by atoms with Gasteiger partial charge in [-0.15, -0.1) is 0 Å². The Balaban J connectivity index is 1.53. The van der Waals surface area contributed by atoms with Crippen LogP contribution in [-0.4, -0.2) is 28.6 Å². The first-order valence-corrected chi connectivity index (χ1v) is 10.8. The highest BCUT2D eigenvalue weighted by Crippen LogP contribution is 2.24. The molecule has 30 heavy (non-hydrogen) atoms. The number of hydrogen-bond acceptors (Lipinski definition) is 3. The number of ether oxygens (including phenoxy) is 1. The summed E-state index contributed by atoms with van der Waals surface area (Å²) in [6.07, 6.45) is 2.71. The maximum atomic E-state index is 11.2. The zero-order valence-corrected chi connectivity index (χ0v) is 18.6. The van der Waals surface area contributed by atoms with E-state index >= 15 is 0 Å². The van der Waals surface area contributed by atoms with Gasteiger partial charge in [-0.3, -0.25) is 4.79 Å². The zero-order valence-electron chi connectivity index (χ0n) is 18.6. The molecule has 1 aromatic heterocycles. The Labute approximate surface area is 179 Å². The lowest BCUT2D eigenvalue weighted by Gasteiger charge is -2.19. The van der Waals surface area contributed by atoms with Crippen molar-refractivity contribution in [2.24, 2.45) is 0 Å². The Morgan fingerprint density at radius 3 is 2.50 bits per heavy atom. The number of rotatable bonds is 9. The fraction of sp³-hybridized carbons (Fsp3) is 0.440. The van der Waals surface area contributed by atoms with Gasteiger partial charge in [-0.05, 0) is 48.1 Å². The highest BCUT2D eigenvalue weighted by molar-refractivity contribution is 5.76. The Morgan fingerprint density at radius 1 is 1.07 bits per heavy atom. The van der Waals surface area contributed by atoms with Crippen LogP contribution < -0.4 is 10.1 Å². The molecular formula is C25H33N3O2. The molecule has 1 N–H and O–H groups in total. The molecule has 3 aromatic rings. The lowest BCUT2D eigenvalue weighted by Crippen LogP contribution is -2.23. The van der Waals surface area contributed by atoms with Gasteiger partial charge >= 0.3 is 0 Å². The number of hydrogen-bond donors (Lipinski definition) is 1. The summed E-state index contributed by atoms with van der Waals surface area (Å²) in [7, 11) is 0. The first kappa shape index (κ1) is 21.9. The number of fused-ring (bicyclic) bond motifs is 1. The van der Waals surface area contributed by atoms with Gasteiger partial charge in [0.15, 0.2) is 0 Å². The smallest absolute Gasteiger partial charge is 0.216 e. The minimum absolute atomic E-state index is 0.00894. The molecule has 0 aliphatic rings. The normalized spacial score (nSPS) is 11.6. The standard InChI is InChI=1S/C25H33N3O2/c1-19(29)26-16-15-24-27-22-9-5-6-10-23(22)28(24)17-7-8-18-30-21-13-11-20(12-14-21)25(2,3)4/h5-6,9-14H,7-8,15-18H2,1-4H3,(H,26,29). The zero-order chi connectivity index (χ0) is 21.6. The maximum absolute atomic E-state index is 11.2. The number of aromatic nitrogens is 2. The predicted octanol–water partition coefficient (Wildman–Crippen LogP) is 4.87. The number of para-hydroxylation sites is 2. The number of benzene rings is 2. The van der Waals surface area contributed by atoms with E-state index in [9.17, 15) is 4.79 Å². The summed E-state index contributed by atoms with van der Waals surface area (Å²) in [6.45, 7) is 10.4. The number of carbonyl (C=O) groups excluding carboxylic acids is 1. The molecule has 0 saturated heterocycles. The number of unbranched alkanes of at least 4 members (excludes halogenated alkanes) is 1. The van der Waals surface area contributed by atoms with Crippen molar-refractivity contribution in [3.8, 4) is 5.75 Å². The Morgan fingerprint density at radius 2 is 1.80 bits per heavy atom. The molecule has 0 aliphatic carbocycles. The third-order valence-electron chi connectivity index (χ3n) is 5.22. The summed E-state index contributed by atoms with van der Waals surface area (Å²) in [5, 5.41) is 2.86. The van der Waals surface area contributed by atoms with Crippen molar-refractivity contribution in [1.82, 2.24) is 14.9 Å². The second-order valence-electron chi connectivity index (χ2n) is 8.73. The Kier molecular flexibility index (Phi) is 7.14. The lowest BCUT2D eigenvalue weighted by atomic mass is 9.87. The van der Waals surface area contributed by atoms with Crippen LogP contribution in [0.1, 0.15) is 51.9 Å². The van der Waals surface area contributed by atoms with E-state index < -0.39 is 0 Å². The summed E-state index contributed by atoms with van der Waals surface area (Å²) < 4.78 is 8.20. The second kappa shape index (κ2) is 9.79. The van der Waals surface area contributed by atoms with Crippen molar-refractivity contribution in [3.63, 3.8) is 0 Å². The van der Waals surface area contributed by atoms with Crippen molar-refractivity contribution >= 4 is 16.9 Å². The first-order chi connectivity index (χ1) is 14.3. The molecule has 0 aliphatic heterocycles. The lowest BCUT2D eigenvalue weighted by molar-refractivity contribution is -0.118. The van der Waals surface area contributed by atoms with Crippen LogP contribution in [-0.2, 0) is 23.2 Å². The van der Waals surface area contributed by atoms with Crippen LogP contribution >= 0.6 is 0 Å². The summed E-state index contributed by atoms with van der Waals surface area (Å²) in [5.41, 5.74) is 3.62. The van der Waals surface area contributed by atoms with Gasteiger partial charge in [0.25, 0.3) is 0 Å². The largest absolute Gasteiger partial charge is 0.494 e. The highest BCUT2D eigenvalue weighted by Gasteiger charge is 2.13. The van der Waals surface area contributed by atoms with Crippen LogP contribution in [0.15, 0.2) is 48.5 Å². The van der Waals surface area contributed by atoms with Gasteiger partial charge in [0.1, 0.15) is 11.6 Å². The molecule has 0 radical (unpaired) electrons. The molecule has 0 spiro atoms. The minimum Gasteiger partial charge on any atom is -0.494 e. The molecule has 0 unspecified atom stereocenters. The van der Waals surface area contributed by atoms with Crippen molar-refractivity contribution in [2.45, 2.75) is 58.9 Å². The van der Waals surface area contributed by atoms with Gasteiger partial charge in [0, 0.05) is 26.4 Å². The topological polar surface area (TPSA) is 56.2 Å². The molecule has 0 fully saturated rings. The van der Waals surface area contributed by atoms with Gasteiger partial charge in [-0.2, -0.15) is 0 Å². The van der Waals surface area contributed by atoms with Crippen LogP contribution in [0, 0.1) is 0 Å². The summed E-state index contributed by atoms with van der Waals surface area (Å²) in [5.74, 6) is 1.93. The number of nitrogens with one attached hydrogen (secondary N) is 1. The van der Waals surface area contributed by atoms with Crippen molar-refractivity contribution in [1.29, 1.82) is 0 Å². The molecule has 5 heteroatoms. The molecule has 1 amide bonds. The predicted molar refractivity (Wildman–Crippen MR) is 122 cm³/mol. The van der Waals surface area contributed by atoms with E-state index in [2.05, 4.69) is 61.0 Å². The van der Waals surface area contributed by atoms with Gasteiger partial charge in [-0.25, -0.2) is 4.98 Å². The first-order valence-electron chi connectivity index (χ1n) is 10.8. The molecule has 1 heterocycles. The van der Waals surface area contributed by atoms with E-state index in [1.165, 1.54) is 5.56 Å². The van der Waals surface area contributed by atoms with Crippen LogP contribution in [0.3, 0.4) is 0 Å². The quantitative estimate of drug-likeness (QED) is 0.515. The molecule has 160 valence electrons. The highest BCUT2D eigenvalue weighted by atomic mass is 16.5. The summed E-state index contributed by atoms with van der Waals surface area (Å²) in [4.78, 5) is 15.9. The number of nitrogens with zero attached hydrogens (tertiary/aromatic N) is 2. The molecule has 0 saturated carbocycles. The van der Waals surface area contributed by atoms with E-state index in [4.69, 9.17) is 9.72 Å². The van der Waals surface area contributed by atoms with Crippen LogP contribution in [0.2, 0.25) is 0 Å². The molecule has 2 aromatic carbocycles. The minimum atomic E-state index is -0.00894. The van der Waals surface area contributed by atoms with Crippen molar-refractivity contribution in [2.75, 3.05) is 13.2 Å². The summed E-state index contributed by atoms with van der Waals surface area (Å²) >= 11 is 0. The fourth-order valence-corrected chi connectivity index (χ4v) is 3.53. The molecule has 3 rings (SSSR count). The second-order valence-corrected chi connectivity index (χ2v) is 8.73. The van der Waals surface area contributed by atoms with E-state index in [1.807, 2.05) is 18.2 Å². The third-order valence-corrected chi connectivity index (χ3v) is 5.22. The van der Waals surface area contributed by atoms with Crippen molar-refractivity contribution < 1.29 is 9.53 Å². The van der Waals surface area contributed by atoms with Crippen LogP contribution in [0.5, 0.6) is 5.75 Å². The van der Waals surface area contributed by atoms with Gasteiger partial charge in [-0.1, -0.05) is 45.0 Å². The van der Waals surface area contributed by atoms with Gasteiger partial charge < -0.3 is 14.6 Å². The molecule has 5 nitrogen and oxygen atoms in total. The van der Waals surface area contributed by atoms with E-state index in [0.29, 0.717) is 13.2 Å². The molecule has 0 bridgehead atoms. The SMILES string of the molecule is CC(=O)NCCc1nc2ccccc2n1CCCCOc1ccc(C(C)(C)C)cc1. The molecule has 0 atom stereocenters. The Bertz CT molecular complexity index is 968. The van der Waals surface area contributed by atoms with Crippen molar-refractivity contribution in [3.05, 3.63) is 59.9 Å². The number of amides is 1. The number of imidazole rings is 1. The average Bonchev–Trinajstić information content (AvgIpc) is 3.05. The third kappa shape index (κ3) is 5.85. The Hall–Kier alpha value is -2.82. The van der Waals surface area contributed by atoms with E-state index in [0.717, 1.165) is 48.4 Å². The van der Waals surface area contributed by atoms with Gasteiger partial charge in [0.2, 0.25) is 5.91 Å². The number of aryl methyl sites for hydroxylation is 1. The maximum Gasteiger partial charge on any atom is 0.216 e. The molecular weight excluding hydrogens is 374 g/mol. The van der Waals surface area contributed by atoms with E-state index in [-0.39, 0.29) is 11.3 Å².